The third-order valence-corrected chi connectivity index (χ3v) is 5.03. The second kappa shape index (κ2) is 6.63. The fraction of sp³-hybridized carbons (Fsp3) is 0.0714. The van der Waals surface area contributed by atoms with Gasteiger partial charge in [0.15, 0.2) is 5.82 Å². The fourth-order valence-corrected chi connectivity index (χ4v) is 3.52. The SMILES string of the molecule is O=S(=O)(NCc1nnnn1-c1cccc(F)c1)c1ccccc1Cl. The predicted molar refractivity (Wildman–Crippen MR) is 84.6 cm³/mol. The molecule has 0 amide bonds. The average molecular weight is 368 g/mol. The lowest BCUT2D eigenvalue weighted by atomic mass is 10.3. The minimum absolute atomic E-state index is 0.0450. The highest BCUT2D eigenvalue weighted by Crippen LogP contribution is 2.20. The quantitative estimate of drug-likeness (QED) is 0.744. The van der Waals surface area contributed by atoms with Gasteiger partial charge in [-0.2, -0.15) is 4.68 Å². The Morgan fingerprint density at radius 1 is 1.17 bits per heavy atom. The smallest absolute Gasteiger partial charge is 0.207 e. The average Bonchev–Trinajstić information content (AvgIpc) is 3.02. The second-order valence-electron chi connectivity index (χ2n) is 4.74. The Hall–Kier alpha value is -2.36. The van der Waals surface area contributed by atoms with Crippen LogP contribution >= 0.6 is 11.6 Å². The summed E-state index contributed by atoms with van der Waals surface area (Å²) < 4.78 is 41.6. The molecule has 1 aromatic heterocycles. The number of hydrogen-bond acceptors (Lipinski definition) is 5. The summed E-state index contributed by atoms with van der Waals surface area (Å²) >= 11 is 5.91. The maximum absolute atomic E-state index is 13.3. The maximum atomic E-state index is 13.3. The van der Waals surface area contributed by atoms with Crippen molar-refractivity contribution in [2.24, 2.45) is 0 Å². The van der Waals surface area contributed by atoms with Crippen molar-refractivity contribution in [1.29, 1.82) is 0 Å². The zero-order valence-electron chi connectivity index (χ0n) is 12.1. The van der Waals surface area contributed by atoms with Crippen LogP contribution in [0.4, 0.5) is 4.39 Å². The summed E-state index contributed by atoms with van der Waals surface area (Å²) in [7, 11) is -3.84. The number of sulfonamides is 1. The van der Waals surface area contributed by atoms with E-state index in [1.807, 2.05) is 0 Å². The summed E-state index contributed by atoms with van der Waals surface area (Å²) in [6.45, 7) is -0.183. The van der Waals surface area contributed by atoms with Gasteiger partial charge in [0.05, 0.1) is 17.3 Å². The molecule has 3 rings (SSSR count). The predicted octanol–water partition coefficient (Wildman–Crippen LogP) is 1.93. The molecule has 0 fully saturated rings. The fourth-order valence-electron chi connectivity index (χ4n) is 2.02. The Balaban J connectivity index is 1.84. The molecule has 24 heavy (non-hydrogen) atoms. The molecule has 0 aliphatic carbocycles. The van der Waals surface area contributed by atoms with Crippen molar-refractivity contribution in [3.8, 4) is 5.69 Å². The second-order valence-corrected chi connectivity index (χ2v) is 6.88. The van der Waals surface area contributed by atoms with Crippen LogP contribution in [0.2, 0.25) is 5.02 Å². The molecule has 1 heterocycles. The minimum atomic E-state index is -3.84. The minimum Gasteiger partial charge on any atom is -0.207 e. The highest BCUT2D eigenvalue weighted by atomic mass is 35.5. The Labute approximate surface area is 142 Å². The lowest BCUT2D eigenvalue weighted by Gasteiger charge is -2.08. The van der Waals surface area contributed by atoms with Gasteiger partial charge in [0.2, 0.25) is 10.0 Å². The molecular formula is C14H11ClFN5O2S. The first-order valence-corrected chi connectivity index (χ1v) is 8.61. The van der Waals surface area contributed by atoms with Crippen LogP contribution in [-0.2, 0) is 16.6 Å². The molecule has 3 aromatic rings. The van der Waals surface area contributed by atoms with E-state index >= 15 is 0 Å². The molecule has 0 unspecified atom stereocenters. The molecule has 0 aliphatic heterocycles. The van der Waals surface area contributed by atoms with E-state index in [-0.39, 0.29) is 22.3 Å². The van der Waals surface area contributed by atoms with E-state index in [2.05, 4.69) is 20.2 Å². The van der Waals surface area contributed by atoms with Gasteiger partial charge < -0.3 is 0 Å². The van der Waals surface area contributed by atoms with E-state index in [0.29, 0.717) is 5.69 Å². The van der Waals surface area contributed by atoms with Crippen molar-refractivity contribution in [2.45, 2.75) is 11.4 Å². The Bertz CT molecular complexity index is 977. The normalized spacial score (nSPS) is 11.6. The van der Waals surface area contributed by atoms with Gasteiger partial charge in [-0.3, -0.25) is 0 Å². The van der Waals surface area contributed by atoms with E-state index < -0.39 is 15.8 Å². The Morgan fingerprint density at radius 2 is 1.96 bits per heavy atom. The van der Waals surface area contributed by atoms with Crippen LogP contribution in [0.1, 0.15) is 5.82 Å². The highest BCUT2D eigenvalue weighted by molar-refractivity contribution is 7.89. The molecule has 2 aromatic carbocycles. The number of nitrogens with zero attached hydrogens (tertiary/aromatic N) is 4. The molecule has 0 bridgehead atoms. The topological polar surface area (TPSA) is 89.8 Å². The first-order chi connectivity index (χ1) is 11.5. The van der Waals surface area contributed by atoms with E-state index in [9.17, 15) is 12.8 Å². The number of hydrogen-bond donors (Lipinski definition) is 1. The molecule has 0 spiro atoms. The third kappa shape index (κ3) is 3.42. The van der Waals surface area contributed by atoms with Crippen molar-refractivity contribution in [2.75, 3.05) is 0 Å². The molecule has 10 heteroatoms. The van der Waals surface area contributed by atoms with Crippen LogP contribution in [0, 0.1) is 5.82 Å². The van der Waals surface area contributed by atoms with Crippen LogP contribution in [-0.4, -0.2) is 28.6 Å². The van der Waals surface area contributed by atoms with Crippen LogP contribution in [0.5, 0.6) is 0 Å². The van der Waals surface area contributed by atoms with Crippen molar-refractivity contribution in [3.63, 3.8) is 0 Å². The summed E-state index contributed by atoms with van der Waals surface area (Å²) in [5.41, 5.74) is 0.381. The van der Waals surface area contributed by atoms with Crippen molar-refractivity contribution in [1.82, 2.24) is 24.9 Å². The van der Waals surface area contributed by atoms with Crippen molar-refractivity contribution >= 4 is 21.6 Å². The molecule has 0 aliphatic rings. The summed E-state index contributed by atoms with van der Waals surface area (Å²) in [4.78, 5) is -0.0450. The number of benzene rings is 2. The van der Waals surface area contributed by atoms with E-state index in [4.69, 9.17) is 11.6 Å². The Morgan fingerprint density at radius 3 is 2.71 bits per heavy atom. The summed E-state index contributed by atoms with van der Waals surface area (Å²) in [6.07, 6.45) is 0. The van der Waals surface area contributed by atoms with Crippen LogP contribution < -0.4 is 4.72 Å². The zero-order valence-corrected chi connectivity index (χ0v) is 13.7. The lowest BCUT2D eigenvalue weighted by Crippen LogP contribution is -2.25. The van der Waals surface area contributed by atoms with Gasteiger partial charge in [-0.25, -0.2) is 17.5 Å². The maximum Gasteiger partial charge on any atom is 0.242 e. The number of tetrazole rings is 1. The van der Waals surface area contributed by atoms with Crippen molar-refractivity contribution < 1.29 is 12.8 Å². The van der Waals surface area contributed by atoms with Crippen LogP contribution in [0.15, 0.2) is 53.4 Å². The number of nitrogens with one attached hydrogen (secondary N) is 1. The highest BCUT2D eigenvalue weighted by Gasteiger charge is 2.19. The van der Waals surface area contributed by atoms with Crippen LogP contribution in [0.3, 0.4) is 0 Å². The van der Waals surface area contributed by atoms with Gasteiger partial charge in [-0.05, 0) is 40.8 Å². The monoisotopic (exact) mass is 367 g/mol. The van der Waals surface area contributed by atoms with Gasteiger partial charge in [0.25, 0.3) is 0 Å². The van der Waals surface area contributed by atoms with Gasteiger partial charge in [-0.15, -0.1) is 5.10 Å². The molecular weight excluding hydrogens is 357 g/mol. The third-order valence-electron chi connectivity index (χ3n) is 3.13. The van der Waals surface area contributed by atoms with Crippen LogP contribution in [0.25, 0.3) is 5.69 Å². The van der Waals surface area contributed by atoms with Gasteiger partial charge in [0.1, 0.15) is 10.7 Å². The van der Waals surface area contributed by atoms with E-state index in [0.717, 1.165) is 0 Å². The molecule has 0 saturated heterocycles. The van der Waals surface area contributed by atoms with Gasteiger partial charge >= 0.3 is 0 Å². The molecule has 0 radical (unpaired) electrons. The van der Waals surface area contributed by atoms with Gasteiger partial charge in [0, 0.05) is 0 Å². The molecule has 124 valence electrons. The summed E-state index contributed by atoms with van der Waals surface area (Å²) in [5, 5.41) is 11.1. The first kappa shape index (κ1) is 16.5. The van der Waals surface area contributed by atoms with Gasteiger partial charge in [-0.1, -0.05) is 29.8 Å². The first-order valence-electron chi connectivity index (χ1n) is 6.75. The molecule has 0 saturated carbocycles. The number of rotatable bonds is 5. The zero-order chi connectivity index (χ0) is 17.2. The van der Waals surface area contributed by atoms with E-state index in [1.165, 1.54) is 35.0 Å². The summed E-state index contributed by atoms with van der Waals surface area (Å²) in [6, 6.07) is 11.7. The molecule has 0 atom stereocenters. The molecule has 1 N–H and O–H groups in total. The lowest BCUT2D eigenvalue weighted by molar-refractivity contribution is 0.577. The van der Waals surface area contributed by atoms with E-state index in [1.54, 1.807) is 18.2 Å². The standard InChI is InChI=1S/C14H11ClFN5O2S/c15-12-6-1-2-7-13(12)24(22,23)17-9-14-18-19-20-21(14)11-5-3-4-10(16)8-11/h1-8,17H,9H2. The van der Waals surface area contributed by atoms with Crippen molar-refractivity contribution in [3.05, 3.63) is 65.2 Å². The largest absolute Gasteiger partial charge is 0.242 e. The Kier molecular flexibility index (Phi) is 4.56. The molecule has 7 nitrogen and oxygen atoms in total. The number of aromatic nitrogens is 4. The summed E-state index contributed by atoms with van der Waals surface area (Å²) in [5.74, 6) is -0.248. The number of halogens is 2.